The molecule has 2 aliphatic rings. The number of rotatable bonds is 8. The Labute approximate surface area is 155 Å². The van der Waals surface area contributed by atoms with Crippen LogP contribution < -0.4 is 0 Å². The number of likely N-dealkylation sites (tertiary alicyclic amines) is 1. The molecule has 0 aliphatic carbocycles. The minimum atomic E-state index is 0.390. The third-order valence-corrected chi connectivity index (χ3v) is 5.74. The third kappa shape index (κ3) is 7.65. The summed E-state index contributed by atoms with van der Waals surface area (Å²) in [5, 5.41) is 0. The lowest BCUT2D eigenvalue weighted by Gasteiger charge is -2.39. The summed E-state index contributed by atoms with van der Waals surface area (Å²) < 4.78 is 0. The third-order valence-electron chi connectivity index (χ3n) is 5.74. The van der Waals surface area contributed by atoms with Gasteiger partial charge >= 0.3 is 0 Å². The molecular formula is C21H41N3O. The van der Waals surface area contributed by atoms with Gasteiger partial charge in [-0.15, -0.1) is 0 Å². The molecule has 0 aromatic heterocycles. The van der Waals surface area contributed by atoms with Gasteiger partial charge in [0, 0.05) is 58.8 Å². The smallest absolute Gasteiger partial charge is 0.222 e. The van der Waals surface area contributed by atoms with E-state index in [1.54, 1.807) is 0 Å². The molecule has 25 heavy (non-hydrogen) atoms. The zero-order valence-electron chi connectivity index (χ0n) is 17.2. The second-order valence-corrected chi connectivity index (χ2v) is 9.11. The zero-order chi connectivity index (χ0) is 18.2. The molecule has 1 amide bonds. The fourth-order valence-corrected chi connectivity index (χ4v) is 4.22. The Bertz CT molecular complexity index is 381. The van der Waals surface area contributed by atoms with E-state index in [9.17, 15) is 4.79 Å². The van der Waals surface area contributed by atoms with Gasteiger partial charge in [-0.2, -0.15) is 0 Å². The first kappa shape index (κ1) is 20.7. The number of nitrogens with zero attached hydrogens (tertiary/aromatic N) is 3. The summed E-state index contributed by atoms with van der Waals surface area (Å²) in [6.45, 7) is 18.4. The van der Waals surface area contributed by atoms with Crippen LogP contribution in [0.15, 0.2) is 0 Å². The minimum Gasteiger partial charge on any atom is -0.343 e. The summed E-state index contributed by atoms with van der Waals surface area (Å²) in [7, 11) is 0. The van der Waals surface area contributed by atoms with Crippen LogP contribution in [0.1, 0.15) is 59.8 Å². The van der Waals surface area contributed by atoms with E-state index >= 15 is 0 Å². The Hall–Kier alpha value is -0.610. The quantitative estimate of drug-likeness (QED) is 0.671. The Morgan fingerprint density at radius 3 is 2.04 bits per heavy atom. The molecule has 0 radical (unpaired) electrons. The maximum Gasteiger partial charge on any atom is 0.222 e. The van der Waals surface area contributed by atoms with Gasteiger partial charge in [-0.1, -0.05) is 34.1 Å². The Balaban J connectivity index is 1.60. The van der Waals surface area contributed by atoms with E-state index in [1.165, 1.54) is 58.5 Å². The van der Waals surface area contributed by atoms with Crippen molar-refractivity contribution in [2.75, 3.05) is 52.4 Å². The highest BCUT2D eigenvalue weighted by Crippen LogP contribution is 2.20. The standard InChI is InChI=1S/C21H41N3O/c1-18(2)6-5-7-21(25)24-10-8-20(9-11-24)17-23-14-12-22(13-15-23)16-19(3)4/h18-20H,5-17H2,1-4H3. The van der Waals surface area contributed by atoms with Crippen molar-refractivity contribution >= 4 is 5.91 Å². The van der Waals surface area contributed by atoms with Crippen LogP contribution in [0.3, 0.4) is 0 Å². The molecule has 146 valence electrons. The number of piperidine rings is 1. The molecule has 2 saturated heterocycles. The predicted octanol–water partition coefficient (Wildman–Crippen LogP) is 3.32. The van der Waals surface area contributed by atoms with Crippen LogP contribution in [0.2, 0.25) is 0 Å². The van der Waals surface area contributed by atoms with Crippen LogP contribution in [-0.2, 0) is 4.79 Å². The average Bonchev–Trinajstić information content (AvgIpc) is 2.56. The van der Waals surface area contributed by atoms with Crippen LogP contribution in [0.4, 0.5) is 0 Å². The van der Waals surface area contributed by atoms with Crippen molar-refractivity contribution in [2.24, 2.45) is 17.8 Å². The van der Waals surface area contributed by atoms with Crippen LogP contribution in [0.5, 0.6) is 0 Å². The van der Waals surface area contributed by atoms with E-state index in [1.807, 2.05) is 0 Å². The molecule has 0 aromatic carbocycles. The fraction of sp³-hybridized carbons (Fsp3) is 0.952. The fourth-order valence-electron chi connectivity index (χ4n) is 4.22. The highest BCUT2D eigenvalue weighted by atomic mass is 16.2. The Morgan fingerprint density at radius 1 is 0.880 bits per heavy atom. The normalized spacial score (nSPS) is 21.4. The van der Waals surface area contributed by atoms with Gasteiger partial charge in [-0.05, 0) is 37.0 Å². The first-order chi connectivity index (χ1) is 11.9. The lowest BCUT2D eigenvalue weighted by Crippen LogP contribution is -2.49. The first-order valence-electron chi connectivity index (χ1n) is 10.7. The summed E-state index contributed by atoms with van der Waals surface area (Å²) in [4.78, 5) is 19.7. The van der Waals surface area contributed by atoms with Crippen molar-refractivity contribution in [3.63, 3.8) is 0 Å². The van der Waals surface area contributed by atoms with Crippen LogP contribution in [0.25, 0.3) is 0 Å². The van der Waals surface area contributed by atoms with E-state index < -0.39 is 0 Å². The number of carbonyl (C=O) groups excluding carboxylic acids is 1. The topological polar surface area (TPSA) is 26.8 Å². The molecule has 0 bridgehead atoms. The van der Waals surface area contributed by atoms with Crippen molar-refractivity contribution < 1.29 is 4.79 Å². The van der Waals surface area contributed by atoms with Gasteiger partial charge in [-0.25, -0.2) is 0 Å². The van der Waals surface area contributed by atoms with Crippen molar-refractivity contribution in [2.45, 2.75) is 59.8 Å². The average molecular weight is 352 g/mol. The molecule has 0 saturated carbocycles. The lowest BCUT2D eigenvalue weighted by atomic mass is 9.95. The summed E-state index contributed by atoms with van der Waals surface area (Å²) in [6.07, 6.45) is 5.37. The van der Waals surface area contributed by atoms with Gasteiger partial charge in [0.05, 0.1) is 0 Å². The van der Waals surface area contributed by atoms with Gasteiger partial charge in [-0.3, -0.25) is 4.79 Å². The van der Waals surface area contributed by atoms with Crippen molar-refractivity contribution in [1.29, 1.82) is 0 Å². The number of carbonyl (C=O) groups is 1. The summed E-state index contributed by atoms with van der Waals surface area (Å²) in [5.41, 5.74) is 0. The second-order valence-electron chi connectivity index (χ2n) is 9.11. The molecular weight excluding hydrogens is 310 g/mol. The molecule has 2 aliphatic heterocycles. The van der Waals surface area contributed by atoms with E-state index in [-0.39, 0.29) is 0 Å². The molecule has 0 spiro atoms. The second kappa shape index (κ2) is 10.5. The Kier molecular flexibility index (Phi) is 8.71. The molecule has 0 aromatic rings. The molecule has 0 N–H and O–H groups in total. The maximum absolute atomic E-state index is 12.3. The van der Waals surface area contributed by atoms with Crippen LogP contribution in [0, 0.1) is 17.8 Å². The van der Waals surface area contributed by atoms with E-state index in [0.29, 0.717) is 11.8 Å². The van der Waals surface area contributed by atoms with Gasteiger partial charge < -0.3 is 14.7 Å². The summed E-state index contributed by atoms with van der Waals surface area (Å²) in [5.74, 6) is 2.66. The molecule has 2 heterocycles. The molecule has 0 atom stereocenters. The van der Waals surface area contributed by atoms with Crippen LogP contribution in [-0.4, -0.2) is 73.0 Å². The van der Waals surface area contributed by atoms with E-state index in [0.717, 1.165) is 37.8 Å². The highest BCUT2D eigenvalue weighted by Gasteiger charge is 2.25. The van der Waals surface area contributed by atoms with Crippen molar-refractivity contribution in [3.8, 4) is 0 Å². The van der Waals surface area contributed by atoms with Crippen molar-refractivity contribution in [3.05, 3.63) is 0 Å². The molecule has 4 heteroatoms. The number of piperazine rings is 1. The molecule has 2 rings (SSSR count). The SMILES string of the molecule is CC(C)CCCC(=O)N1CCC(CN2CCN(CC(C)C)CC2)CC1. The summed E-state index contributed by atoms with van der Waals surface area (Å²) in [6, 6.07) is 0. The summed E-state index contributed by atoms with van der Waals surface area (Å²) >= 11 is 0. The molecule has 2 fully saturated rings. The first-order valence-corrected chi connectivity index (χ1v) is 10.7. The number of hydrogen-bond donors (Lipinski definition) is 0. The monoisotopic (exact) mass is 351 g/mol. The highest BCUT2D eigenvalue weighted by molar-refractivity contribution is 5.76. The lowest BCUT2D eigenvalue weighted by molar-refractivity contribution is -0.132. The molecule has 0 unspecified atom stereocenters. The number of amides is 1. The van der Waals surface area contributed by atoms with Crippen LogP contribution >= 0.6 is 0 Å². The largest absolute Gasteiger partial charge is 0.343 e. The van der Waals surface area contributed by atoms with Gasteiger partial charge in [0.2, 0.25) is 5.91 Å². The predicted molar refractivity (Wildman–Crippen MR) is 106 cm³/mol. The van der Waals surface area contributed by atoms with Crippen molar-refractivity contribution in [1.82, 2.24) is 14.7 Å². The van der Waals surface area contributed by atoms with Gasteiger partial charge in [0.15, 0.2) is 0 Å². The maximum atomic E-state index is 12.3. The van der Waals surface area contributed by atoms with E-state index in [2.05, 4.69) is 42.4 Å². The van der Waals surface area contributed by atoms with Gasteiger partial charge in [0.1, 0.15) is 0 Å². The Morgan fingerprint density at radius 2 is 1.48 bits per heavy atom. The molecule has 4 nitrogen and oxygen atoms in total. The minimum absolute atomic E-state index is 0.390. The zero-order valence-corrected chi connectivity index (χ0v) is 17.2. The van der Waals surface area contributed by atoms with E-state index in [4.69, 9.17) is 0 Å². The van der Waals surface area contributed by atoms with Gasteiger partial charge in [0.25, 0.3) is 0 Å². The number of hydrogen-bond acceptors (Lipinski definition) is 3.